The molecule has 1 heterocycles. The van der Waals surface area contributed by atoms with Crippen molar-refractivity contribution in [1.82, 2.24) is 5.32 Å². The lowest BCUT2D eigenvalue weighted by molar-refractivity contribution is -0.123. The topological polar surface area (TPSA) is 92.0 Å². The number of carbonyl (C=O) groups is 1. The number of amides is 1. The van der Waals surface area contributed by atoms with Crippen LogP contribution in [0.4, 0.5) is 0 Å². The van der Waals surface area contributed by atoms with Gasteiger partial charge in [0.1, 0.15) is 11.8 Å². The molecule has 2 atom stereocenters. The van der Waals surface area contributed by atoms with Crippen molar-refractivity contribution in [1.29, 1.82) is 0 Å². The molecule has 1 fully saturated rings. The second kappa shape index (κ2) is 11.0. The zero-order chi connectivity index (χ0) is 21.8. The third kappa shape index (κ3) is 6.74. The largest absolute Gasteiger partial charge is 0.493 e. The summed E-state index contributed by atoms with van der Waals surface area (Å²) in [5.74, 6) is -0.0159. The summed E-state index contributed by atoms with van der Waals surface area (Å²) in [7, 11) is 0.884. The van der Waals surface area contributed by atoms with Gasteiger partial charge in [-0.2, -0.15) is 0 Å². The second-order valence-corrected chi connectivity index (χ2v) is 8.79. The van der Waals surface area contributed by atoms with Crippen LogP contribution in [0.5, 0.6) is 5.75 Å². The Hall–Kier alpha value is -1.03. The Morgan fingerprint density at radius 3 is 2.40 bits per heavy atom. The minimum absolute atomic E-state index is 0. The first-order chi connectivity index (χ1) is 13.5. The average Bonchev–Trinajstić information content (AvgIpc) is 2.83. The van der Waals surface area contributed by atoms with Crippen LogP contribution < -0.4 is 15.8 Å². The molecule has 10 heteroatoms. The number of methoxy groups -OCH3 is 1. The van der Waals surface area contributed by atoms with Gasteiger partial charge in [-0.1, -0.05) is 11.6 Å². The second-order valence-electron chi connectivity index (χ2n) is 8.35. The quantitative estimate of drug-likeness (QED) is 0.548. The maximum Gasteiger partial charge on any atom is 0.481 e. The molecule has 0 bridgehead atoms. The predicted molar refractivity (Wildman–Crippen MR) is 121 cm³/mol. The fourth-order valence-corrected chi connectivity index (χ4v) is 3.17. The van der Waals surface area contributed by atoms with Crippen molar-refractivity contribution in [2.24, 2.45) is 5.73 Å². The molecule has 3 N–H and O–H groups in total. The van der Waals surface area contributed by atoms with Crippen LogP contribution >= 0.6 is 24.0 Å². The molecule has 1 aliphatic rings. The molecule has 0 aromatic heterocycles. The Bertz CT molecular complexity index is 704. The lowest BCUT2D eigenvalue weighted by Crippen LogP contribution is -2.54. The third-order valence-electron chi connectivity index (χ3n) is 5.43. The van der Waals surface area contributed by atoms with Crippen LogP contribution in [0.3, 0.4) is 0 Å². The van der Waals surface area contributed by atoms with E-state index in [2.05, 4.69) is 5.32 Å². The summed E-state index contributed by atoms with van der Waals surface area (Å²) >= 11 is 6.00. The summed E-state index contributed by atoms with van der Waals surface area (Å²) in [6.07, 6.45) is 0.477. The SMILES string of the molecule is COCC(N)C(=O)N[C@H](CCOc1ccc(Cl)cc1C)B1OC(C)(C)C(C)(C)O1.Cl. The number of benzene rings is 1. The fraction of sp³-hybridized carbons (Fsp3) is 0.650. The summed E-state index contributed by atoms with van der Waals surface area (Å²) < 4.78 is 23.1. The minimum Gasteiger partial charge on any atom is -0.493 e. The first-order valence-electron chi connectivity index (χ1n) is 9.76. The molecular formula is C20H33BCl2N2O5. The van der Waals surface area contributed by atoms with Gasteiger partial charge in [0.15, 0.2) is 0 Å². The van der Waals surface area contributed by atoms with Crippen molar-refractivity contribution in [2.75, 3.05) is 20.3 Å². The van der Waals surface area contributed by atoms with Gasteiger partial charge < -0.3 is 29.8 Å². The van der Waals surface area contributed by atoms with E-state index in [9.17, 15) is 4.79 Å². The van der Waals surface area contributed by atoms with Gasteiger partial charge in [0.2, 0.25) is 5.91 Å². The van der Waals surface area contributed by atoms with Crippen molar-refractivity contribution in [2.45, 2.75) is 64.2 Å². The van der Waals surface area contributed by atoms with Crippen LogP contribution in [0.1, 0.15) is 39.7 Å². The molecule has 1 saturated heterocycles. The van der Waals surface area contributed by atoms with Crippen LogP contribution in [0, 0.1) is 6.92 Å². The number of nitrogens with one attached hydrogen (secondary N) is 1. The minimum atomic E-state index is -0.774. The predicted octanol–water partition coefficient (Wildman–Crippen LogP) is 2.93. The molecule has 2 rings (SSSR count). The number of hydrogen-bond donors (Lipinski definition) is 2. The molecule has 0 aliphatic carbocycles. The number of hydrogen-bond acceptors (Lipinski definition) is 6. The number of rotatable bonds is 9. The van der Waals surface area contributed by atoms with Gasteiger partial charge >= 0.3 is 7.12 Å². The van der Waals surface area contributed by atoms with E-state index >= 15 is 0 Å². The van der Waals surface area contributed by atoms with E-state index in [1.165, 1.54) is 7.11 Å². The standard InChI is InChI=1S/C20H32BClN2O5.ClH/c1-13-11-14(22)7-8-16(13)27-10-9-17(24-18(25)15(23)12-26-6)21-28-19(2,3)20(4,5)29-21;/h7-8,11,15,17H,9-10,12,23H2,1-6H3,(H,24,25);1H/t15?,17-;/m1./s1. The molecule has 0 spiro atoms. The van der Waals surface area contributed by atoms with E-state index in [1.54, 1.807) is 6.07 Å². The molecular weight excluding hydrogens is 430 g/mol. The maximum absolute atomic E-state index is 12.5. The van der Waals surface area contributed by atoms with Crippen LogP contribution in [-0.2, 0) is 18.8 Å². The molecule has 7 nitrogen and oxygen atoms in total. The van der Waals surface area contributed by atoms with Crippen LogP contribution in [0.15, 0.2) is 18.2 Å². The molecule has 1 aromatic rings. The van der Waals surface area contributed by atoms with Gasteiger partial charge in [-0.25, -0.2) is 0 Å². The van der Waals surface area contributed by atoms with Gasteiger partial charge in [-0.3, -0.25) is 4.79 Å². The third-order valence-corrected chi connectivity index (χ3v) is 5.67. The van der Waals surface area contributed by atoms with Crippen molar-refractivity contribution in [3.8, 4) is 5.75 Å². The summed E-state index contributed by atoms with van der Waals surface area (Å²) in [6.45, 7) is 10.3. The first kappa shape index (κ1) is 27.0. The molecule has 1 amide bonds. The van der Waals surface area contributed by atoms with E-state index in [1.807, 2.05) is 46.8 Å². The van der Waals surface area contributed by atoms with Crippen LogP contribution in [0.2, 0.25) is 5.02 Å². The van der Waals surface area contributed by atoms with E-state index in [-0.39, 0.29) is 24.9 Å². The lowest BCUT2D eigenvalue weighted by Gasteiger charge is -2.32. The Balaban J connectivity index is 0.00000450. The van der Waals surface area contributed by atoms with Gasteiger partial charge in [0.25, 0.3) is 0 Å². The number of nitrogens with two attached hydrogens (primary N) is 1. The van der Waals surface area contributed by atoms with Crippen LogP contribution in [0.25, 0.3) is 0 Å². The van der Waals surface area contributed by atoms with Crippen molar-refractivity contribution >= 4 is 37.0 Å². The van der Waals surface area contributed by atoms with Crippen molar-refractivity contribution in [3.05, 3.63) is 28.8 Å². The summed E-state index contributed by atoms with van der Waals surface area (Å²) in [5.41, 5.74) is 5.79. The van der Waals surface area contributed by atoms with E-state index in [0.29, 0.717) is 18.1 Å². The number of carbonyl (C=O) groups excluding carboxylic acids is 1. The maximum atomic E-state index is 12.5. The summed E-state index contributed by atoms with van der Waals surface area (Å²) in [5, 5.41) is 3.59. The number of ether oxygens (including phenoxy) is 2. The zero-order valence-electron chi connectivity index (χ0n) is 18.5. The highest BCUT2D eigenvalue weighted by Crippen LogP contribution is 2.38. The van der Waals surface area contributed by atoms with Crippen LogP contribution in [-0.4, -0.2) is 56.5 Å². The highest BCUT2D eigenvalue weighted by molar-refractivity contribution is 6.48. The Kier molecular flexibility index (Phi) is 9.92. The molecule has 1 aliphatic heterocycles. The zero-order valence-corrected chi connectivity index (χ0v) is 20.1. The molecule has 0 saturated carbocycles. The lowest BCUT2D eigenvalue weighted by atomic mass is 9.76. The molecule has 30 heavy (non-hydrogen) atoms. The van der Waals surface area contributed by atoms with Gasteiger partial charge in [-0.05, 0) is 58.4 Å². The van der Waals surface area contributed by atoms with Crippen molar-refractivity contribution < 1.29 is 23.6 Å². The normalized spacial score (nSPS) is 19.0. The van der Waals surface area contributed by atoms with Gasteiger partial charge in [0, 0.05) is 18.6 Å². The molecule has 170 valence electrons. The first-order valence-corrected chi connectivity index (χ1v) is 10.1. The van der Waals surface area contributed by atoms with Gasteiger partial charge in [0.05, 0.1) is 30.4 Å². The average molecular weight is 463 g/mol. The fourth-order valence-electron chi connectivity index (χ4n) is 2.94. The highest BCUT2D eigenvalue weighted by Gasteiger charge is 2.54. The van der Waals surface area contributed by atoms with Crippen molar-refractivity contribution in [3.63, 3.8) is 0 Å². The summed E-state index contributed by atoms with van der Waals surface area (Å²) in [6, 6.07) is 4.67. The van der Waals surface area contributed by atoms with E-state index in [4.69, 9.17) is 36.1 Å². The number of aryl methyl sites for hydroxylation is 1. The van der Waals surface area contributed by atoms with E-state index < -0.39 is 30.3 Å². The summed E-state index contributed by atoms with van der Waals surface area (Å²) in [4.78, 5) is 12.5. The number of halogens is 2. The van der Waals surface area contributed by atoms with E-state index in [0.717, 1.165) is 11.3 Å². The van der Waals surface area contributed by atoms with Gasteiger partial charge in [-0.15, -0.1) is 12.4 Å². The molecule has 0 radical (unpaired) electrons. The highest BCUT2D eigenvalue weighted by atomic mass is 35.5. The molecule has 1 unspecified atom stereocenters. The molecule has 1 aromatic carbocycles. The smallest absolute Gasteiger partial charge is 0.481 e. The Morgan fingerprint density at radius 1 is 1.27 bits per heavy atom. The Labute approximate surface area is 190 Å². The Morgan fingerprint density at radius 2 is 1.87 bits per heavy atom. The monoisotopic (exact) mass is 462 g/mol.